The minimum absolute atomic E-state index is 0.184. The molecule has 0 aliphatic rings. The van der Waals surface area contributed by atoms with Gasteiger partial charge in [-0.1, -0.05) is 19.9 Å². The molecule has 0 bridgehead atoms. The molecule has 0 aliphatic heterocycles. The predicted molar refractivity (Wildman–Crippen MR) is 48.4 cm³/mol. The zero-order valence-electron chi connectivity index (χ0n) is 7.47. The zero-order valence-corrected chi connectivity index (χ0v) is 7.47. The Labute approximate surface area is 72.4 Å². The Morgan fingerprint density at radius 2 is 2.08 bits per heavy atom. The van der Waals surface area contributed by atoms with Gasteiger partial charge in [-0.2, -0.15) is 0 Å². The van der Waals surface area contributed by atoms with Crippen molar-refractivity contribution in [1.29, 1.82) is 0 Å². The average Bonchev–Trinajstić information content (AvgIpc) is 2.04. The highest BCUT2D eigenvalue weighted by Crippen LogP contribution is 2.19. The first-order valence-corrected chi connectivity index (χ1v) is 4.13. The van der Waals surface area contributed by atoms with Gasteiger partial charge in [0.25, 0.3) is 0 Å². The lowest BCUT2D eigenvalue weighted by atomic mass is 9.97. The summed E-state index contributed by atoms with van der Waals surface area (Å²) in [5, 5.41) is 0. The highest BCUT2D eigenvalue weighted by Gasteiger charge is 2.05. The Bertz CT molecular complexity index is 269. The van der Waals surface area contributed by atoms with Gasteiger partial charge in [0, 0.05) is 6.54 Å². The molecule has 0 spiro atoms. The fraction of sp³-hybridized carbons (Fsp3) is 0.400. The van der Waals surface area contributed by atoms with Crippen molar-refractivity contribution in [2.45, 2.75) is 26.3 Å². The van der Waals surface area contributed by atoms with Gasteiger partial charge in [-0.25, -0.2) is 4.39 Å². The molecular formula is C10H14FN. The Kier molecular flexibility index (Phi) is 2.82. The molecule has 0 aliphatic carbocycles. The maximum Gasteiger partial charge on any atom is 0.123 e. The van der Waals surface area contributed by atoms with Crippen LogP contribution in [0.1, 0.15) is 30.9 Å². The average molecular weight is 167 g/mol. The third kappa shape index (κ3) is 1.83. The Balaban J connectivity index is 3.12. The minimum atomic E-state index is -0.184. The Hall–Kier alpha value is -0.890. The van der Waals surface area contributed by atoms with E-state index < -0.39 is 0 Å². The first-order chi connectivity index (χ1) is 5.65. The molecule has 0 saturated heterocycles. The summed E-state index contributed by atoms with van der Waals surface area (Å²) in [6, 6.07) is 4.77. The van der Waals surface area contributed by atoms with E-state index >= 15 is 0 Å². The first kappa shape index (κ1) is 9.20. The topological polar surface area (TPSA) is 26.0 Å². The van der Waals surface area contributed by atoms with Crippen LogP contribution in [0.15, 0.2) is 18.2 Å². The number of hydrogen-bond acceptors (Lipinski definition) is 1. The third-order valence-corrected chi connectivity index (χ3v) is 1.95. The molecule has 0 atom stereocenters. The van der Waals surface area contributed by atoms with E-state index in [-0.39, 0.29) is 5.82 Å². The van der Waals surface area contributed by atoms with Crippen molar-refractivity contribution in [2.75, 3.05) is 0 Å². The summed E-state index contributed by atoms with van der Waals surface area (Å²) >= 11 is 0. The van der Waals surface area contributed by atoms with Crippen molar-refractivity contribution in [3.05, 3.63) is 35.1 Å². The van der Waals surface area contributed by atoms with E-state index in [1.54, 1.807) is 12.1 Å². The number of rotatable bonds is 2. The summed E-state index contributed by atoms with van der Waals surface area (Å²) < 4.78 is 12.8. The van der Waals surface area contributed by atoms with Gasteiger partial charge in [-0.15, -0.1) is 0 Å². The van der Waals surface area contributed by atoms with E-state index in [0.29, 0.717) is 12.5 Å². The van der Waals surface area contributed by atoms with Crippen LogP contribution in [-0.4, -0.2) is 0 Å². The van der Waals surface area contributed by atoms with E-state index in [0.717, 1.165) is 11.1 Å². The highest BCUT2D eigenvalue weighted by molar-refractivity contribution is 5.30. The molecule has 2 N–H and O–H groups in total. The number of halogens is 1. The second-order valence-electron chi connectivity index (χ2n) is 3.20. The molecule has 0 aromatic heterocycles. The van der Waals surface area contributed by atoms with E-state index in [9.17, 15) is 4.39 Å². The number of nitrogens with two attached hydrogens (primary N) is 1. The van der Waals surface area contributed by atoms with Crippen LogP contribution in [0.25, 0.3) is 0 Å². The molecule has 0 unspecified atom stereocenters. The van der Waals surface area contributed by atoms with Crippen LogP contribution in [0.5, 0.6) is 0 Å². The maximum atomic E-state index is 12.8. The molecule has 0 heterocycles. The molecule has 0 fully saturated rings. The van der Waals surface area contributed by atoms with Gasteiger partial charge in [-0.3, -0.25) is 0 Å². The normalized spacial score (nSPS) is 10.8. The van der Waals surface area contributed by atoms with Crippen molar-refractivity contribution < 1.29 is 4.39 Å². The Morgan fingerprint density at radius 3 is 2.58 bits per heavy atom. The van der Waals surface area contributed by atoms with Gasteiger partial charge in [0.2, 0.25) is 0 Å². The van der Waals surface area contributed by atoms with Crippen molar-refractivity contribution in [1.82, 2.24) is 0 Å². The lowest BCUT2D eigenvalue weighted by molar-refractivity contribution is 0.621. The summed E-state index contributed by atoms with van der Waals surface area (Å²) in [5.41, 5.74) is 7.56. The van der Waals surface area contributed by atoms with Gasteiger partial charge >= 0.3 is 0 Å². The monoisotopic (exact) mass is 167 g/mol. The number of hydrogen-bond donors (Lipinski definition) is 1. The van der Waals surface area contributed by atoms with E-state index in [2.05, 4.69) is 0 Å². The van der Waals surface area contributed by atoms with Crippen molar-refractivity contribution in [2.24, 2.45) is 5.73 Å². The van der Waals surface area contributed by atoms with Gasteiger partial charge in [0.05, 0.1) is 0 Å². The summed E-state index contributed by atoms with van der Waals surface area (Å²) in [5.74, 6) is 0.148. The lowest BCUT2D eigenvalue weighted by Crippen LogP contribution is -2.03. The summed E-state index contributed by atoms with van der Waals surface area (Å²) in [7, 11) is 0. The second-order valence-corrected chi connectivity index (χ2v) is 3.20. The molecule has 1 rings (SSSR count). The summed E-state index contributed by atoms with van der Waals surface area (Å²) in [6.45, 7) is 4.55. The molecule has 1 nitrogen and oxygen atoms in total. The third-order valence-electron chi connectivity index (χ3n) is 1.95. The molecule has 1 aromatic rings. The molecule has 1 aromatic carbocycles. The van der Waals surface area contributed by atoms with Crippen LogP contribution in [0.2, 0.25) is 0 Å². The molecule has 66 valence electrons. The highest BCUT2D eigenvalue weighted by atomic mass is 19.1. The van der Waals surface area contributed by atoms with Gasteiger partial charge in [0.15, 0.2) is 0 Å². The first-order valence-electron chi connectivity index (χ1n) is 4.13. The van der Waals surface area contributed by atoms with Crippen LogP contribution >= 0.6 is 0 Å². The van der Waals surface area contributed by atoms with E-state index in [1.807, 2.05) is 13.8 Å². The summed E-state index contributed by atoms with van der Waals surface area (Å²) in [6.07, 6.45) is 0. The standard InChI is InChI=1S/C10H14FN/c1-7(2)10-5-9(11)4-3-8(10)6-12/h3-5,7H,6,12H2,1-2H3. The fourth-order valence-electron chi connectivity index (χ4n) is 1.29. The minimum Gasteiger partial charge on any atom is -0.326 e. The van der Waals surface area contributed by atoms with Crippen molar-refractivity contribution in [3.63, 3.8) is 0 Å². The second kappa shape index (κ2) is 3.68. The van der Waals surface area contributed by atoms with Crippen LogP contribution in [0.4, 0.5) is 4.39 Å². The molecular weight excluding hydrogens is 153 g/mol. The largest absolute Gasteiger partial charge is 0.326 e. The van der Waals surface area contributed by atoms with Gasteiger partial charge < -0.3 is 5.73 Å². The fourth-order valence-corrected chi connectivity index (χ4v) is 1.29. The predicted octanol–water partition coefficient (Wildman–Crippen LogP) is 2.41. The Morgan fingerprint density at radius 1 is 1.42 bits per heavy atom. The van der Waals surface area contributed by atoms with Gasteiger partial charge in [0.1, 0.15) is 5.82 Å². The number of benzene rings is 1. The van der Waals surface area contributed by atoms with Crippen LogP contribution in [-0.2, 0) is 6.54 Å². The molecule has 0 radical (unpaired) electrons. The molecule has 0 amide bonds. The SMILES string of the molecule is CC(C)c1cc(F)ccc1CN. The van der Waals surface area contributed by atoms with Gasteiger partial charge in [-0.05, 0) is 29.2 Å². The molecule has 12 heavy (non-hydrogen) atoms. The van der Waals surface area contributed by atoms with Crippen LogP contribution < -0.4 is 5.73 Å². The quantitative estimate of drug-likeness (QED) is 0.719. The molecule has 2 heteroatoms. The smallest absolute Gasteiger partial charge is 0.123 e. The molecule has 0 saturated carbocycles. The zero-order chi connectivity index (χ0) is 9.14. The summed E-state index contributed by atoms with van der Waals surface area (Å²) in [4.78, 5) is 0. The lowest BCUT2D eigenvalue weighted by Gasteiger charge is -2.10. The van der Waals surface area contributed by atoms with Crippen molar-refractivity contribution >= 4 is 0 Å². The maximum absolute atomic E-state index is 12.8. The van der Waals surface area contributed by atoms with Crippen LogP contribution in [0, 0.1) is 5.82 Å². The van der Waals surface area contributed by atoms with Crippen molar-refractivity contribution in [3.8, 4) is 0 Å². The van der Waals surface area contributed by atoms with Crippen LogP contribution in [0.3, 0.4) is 0 Å². The van der Waals surface area contributed by atoms with E-state index in [4.69, 9.17) is 5.73 Å². The van der Waals surface area contributed by atoms with E-state index in [1.165, 1.54) is 6.07 Å².